The molecule has 3 N–H and O–H groups in total. The fraction of sp³-hybridized carbons (Fsp3) is 0.308. The Bertz CT molecular complexity index is 555. The summed E-state index contributed by atoms with van der Waals surface area (Å²) in [4.78, 5) is 4.38. The van der Waals surface area contributed by atoms with Crippen molar-refractivity contribution < 1.29 is 0 Å². The maximum absolute atomic E-state index is 6.07. The number of hydrogen-bond acceptors (Lipinski definition) is 3. The fourth-order valence-corrected chi connectivity index (χ4v) is 2.93. The normalized spacial score (nSPS) is 12.6. The number of aryl methyl sites for hydroxylation is 1. The van der Waals surface area contributed by atoms with Crippen LogP contribution in [0.1, 0.15) is 24.4 Å². The second-order valence-corrected chi connectivity index (χ2v) is 5.82. The standard InChI is InChI=1S/C13H16ClIN4/c1-2-19-6-5-17-13(19)8-12(18-16)10-7-9(14)3-4-11(10)15/h3-7,12,18H,2,8,16H2,1H3. The van der Waals surface area contributed by atoms with Gasteiger partial charge in [-0.2, -0.15) is 0 Å². The van der Waals surface area contributed by atoms with Crippen LogP contribution in [0.5, 0.6) is 0 Å². The van der Waals surface area contributed by atoms with Crippen molar-refractivity contribution in [3.63, 3.8) is 0 Å². The zero-order chi connectivity index (χ0) is 13.8. The number of imidazole rings is 1. The van der Waals surface area contributed by atoms with Gasteiger partial charge in [0.1, 0.15) is 5.82 Å². The summed E-state index contributed by atoms with van der Waals surface area (Å²) in [6.45, 7) is 3.00. The maximum atomic E-state index is 6.07. The van der Waals surface area contributed by atoms with E-state index in [9.17, 15) is 0 Å². The van der Waals surface area contributed by atoms with Crippen molar-refractivity contribution in [1.29, 1.82) is 0 Å². The second kappa shape index (κ2) is 6.69. The van der Waals surface area contributed by atoms with E-state index in [4.69, 9.17) is 17.4 Å². The van der Waals surface area contributed by atoms with Gasteiger partial charge in [0, 0.05) is 34.0 Å². The first-order valence-electron chi connectivity index (χ1n) is 6.06. The summed E-state index contributed by atoms with van der Waals surface area (Å²) >= 11 is 8.36. The molecule has 0 aliphatic rings. The first-order chi connectivity index (χ1) is 9.15. The monoisotopic (exact) mass is 390 g/mol. The van der Waals surface area contributed by atoms with Gasteiger partial charge in [-0.25, -0.2) is 4.98 Å². The van der Waals surface area contributed by atoms with E-state index in [-0.39, 0.29) is 6.04 Å². The number of benzene rings is 1. The zero-order valence-corrected chi connectivity index (χ0v) is 13.5. The van der Waals surface area contributed by atoms with Crippen LogP contribution in [-0.4, -0.2) is 9.55 Å². The minimum absolute atomic E-state index is 0.00157. The Morgan fingerprint density at radius 2 is 2.32 bits per heavy atom. The molecular weight excluding hydrogens is 375 g/mol. The highest BCUT2D eigenvalue weighted by Crippen LogP contribution is 2.25. The molecule has 4 nitrogen and oxygen atoms in total. The van der Waals surface area contributed by atoms with Crippen LogP contribution >= 0.6 is 34.2 Å². The van der Waals surface area contributed by atoms with Gasteiger partial charge in [-0.05, 0) is 53.3 Å². The molecule has 0 bridgehead atoms. The van der Waals surface area contributed by atoms with Gasteiger partial charge in [0.15, 0.2) is 0 Å². The van der Waals surface area contributed by atoms with E-state index in [1.54, 1.807) is 0 Å². The highest BCUT2D eigenvalue weighted by molar-refractivity contribution is 14.1. The second-order valence-electron chi connectivity index (χ2n) is 4.22. The zero-order valence-electron chi connectivity index (χ0n) is 10.6. The largest absolute Gasteiger partial charge is 0.335 e. The quantitative estimate of drug-likeness (QED) is 0.469. The molecule has 0 saturated carbocycles. The lowest BCUT2D eigenvalue weighted by Crippen LogP contribution is -2.31. The number of nitrogens with zero attached hydrogens (tertiary/aromatic N) is 2. The average Bonchev–Trinajstić information content (AvgIpc) is 2.86. The number of aromatic nitrogens is 2. The van der Waals surface area contributed by atoms with E-state index in [1.165, 1.54) is 0 Å². The summed E-state index contributed by atoms with van der Waals surface area (Å²) in [5.74, 6) is 6.71. The SMILES string of the molecule is CCn1ccnc1CC(NN)c1cc(Cl)ccc1I. The van der Waals surface area contributed by atoms with Gasteiger partial charge in [0.05, 0.1) is 6.04 Å². The third-order valence-corrected chi connectivity index (χ3v) is 4.28. The predicted octanol–water partition coefficient (Wildman–Crippen LogP) is 2.91. The van der Waals surface area contributed by atoms with Crippen molar-refractivity contribution in [2.75, 3.05) is 0 Å². The number of rotatable bonds is 5. The predicted molar refractivity (Wildman–Crippen MR) is 85.8 cm³/mol. The molecule has 102 valence electrons. The molecule has 2 rings (SSSR count). The van der Waals surface area contributed by atoms with Gasteiger partial charge in [-0.1, -0.05) is 11.6 Å². The lowest BCUT2D eigenvalue weighted by Gasteiger charge is -2.18. The molecule has 0 saturated heterocycles. The molecule has 1 aromatic heterocycles. The highest BCUT2D eigenvalue weighted by atomic mass is 127. The molecule has 0 amide bonds. The van der Waals surface area contributed by atoms with Crippen LogP contribution in [0.2, 0.25) is 5.02 Å². The lowest BCUT2D eigenvalue weighted by molar-refractivity contribution is 0.521. The molecule has 0 aliphatic carbocycles. The van der Waals surface area contributed by atoms with Gasteiger partial charge in [0.2, 0.25) is 0 Å². The summed E-state index contributed by atoms with van der Waals surface area (Å²) in [5.41, 5.74) is 3.96. The molecule has 1 atom stereocenters. The van der Waals surface area contributed by atoms with Crippen LogP contribution < -0.4 is 11.3 Å². The molecule has 0 fully saturated rings. The van der Waals surface area contributed by atoms with Gasteiger partial charge >= 0.3 is 0 Å². The number of nitrogens with one attached hydrogen (secondary N) is 1. The lowest BCUT2D eigenvalue weighted by atomic mass is 10.0. The topological polar surface area (TPSA) is 55.9 Å². The first kappa shape index (κ1) is 14.8. The highest BCUT2D eigenvalue weighted by Gasteiger charge is 2.16. The Kier molecular flexibility index (Phi) is 5.20. The molecule has 1 heterocycles. The first-order valence-corrected chi connectivity index (χ1v) is 7.52. The van der Waals surface area contributed by atoms with Crippen LogP contribution in [-0.2, 0) is 13.0 Å². The summed E-state index contributed by atoms with van der Waals surface area (Å²) in [6.07, 6.45) is 4.52. The van der Waals surface area contributed by atoms with E-state index < -0.39 is 0 Å². The molecule has 1 aromatic carbocycles. The smallest absolute Gasteiger partial charge is 0.110 e. The van der Waals surface area contributed by atoms with Crippen molar-refractivity contribution in [3.05, 3.63) is 50.6 Å². The van der Waals surface area contributed by atoms with E-state index in [2.05, 4.69) is 44.5 Å². The van der Waals surface area contributed by atoms with Gasteiger partial charge < -0.3 is 4.57 Å². The third kappa shape index (κ3) is 3.47. The Balaban J connectivity index is 2.27. The van der Waals surface area contributed by atoms with Crippen LogP contribution in [0.15, 0.2) is 30.6 Å². The van der Waals surface area contributed by atoms with Crippen molar-refractivity contribution in [3.8, 4) is 0 Å². The van der Waals surface area contributed by atoms with Gasteiger partial charge in [-0.15, -0.1) is 0 Å². The van der Waals surface area contributed by atoms with Crippen LogP contribution in [0.3, 0.4) is 0 Å². The molecule has 19 heavy (non-hydrogen) atoms. The van der Waals surface area contributed by atoms with Gasteiger partial charge in [-0.3, -0.25) is 11.3 Å². The molecule has 1 unspecified atom stereocenters. The van der Waals surface area contributed by atoms with E-state index in [0.29, 0.717) is 0 Å². The Morgan fingerprint density at radius 1 is 1.53 bits per heavy atom. The maximum Gasteiger partial charge on any atom is 0.110 e. The minimum Gasteiger partial charge on any atom is -0.335 e. The molecule has 0 aliphatic heterocycles. The minimum atomic E-state index is -0.00157. The number of hydrazine groups is 1. The fourth-order valence-electron chi connectivity index (χ4n) is 2.04. The Morgan fingerprint density at radius 3 is 3.00 bits per heavy atom. The number of halogens is 2. The van der Waals surface area contributed by atoms with E-state index >= 15 is 0 Å². The molecule has 6 heteroatoms. The van der Waals surface area contributed by atoms with Gasteiger partial charge in [0.25, 0.3) is 0 Å². The summed E-state index contributed by atoms with van der Waals surface area (Å²) in [7, 11) is 0. The van der Waals surface area contributed by atoms with Crippen molar-refractivity contribution in [1.82, 2.24) is 15.0 Å². The number of nitrogens with two attached hydrogens (primary N) is 1. The van der Waals surface area contributed by atoms with Crippen molar-refractivity contribution in [2.45, 2.75) is 25.9 Å². The van der Waals surface area contributed by atoms with E-state index in [1.807, 2.05) is 30.6 Å². The summed E-state index contributed by atoms with van der Waals surface area (Å²) < 4.78 is 3.25. The third-order valence-electron chi connectivity index (χ3n) is 3.06. The van der Waals surface area contributed by atoms with Crippen LogP contribution in [0.4, 0.5) is 0 Å². The Hall–Kier alpha value is -0.630. The van der Waals surface area contributed by atoms with Crippen LogP contribution in [0.25, 0.3) is 0 Å². The molecule has 0 radical (unpaired) electrons. The van der Waals surface area contributed by atoms with E-state index in [0.717, 1.165) is 32.9 Å². The molecular formula is C13H16ClIN4. The number of hydrogen-bond donors (Lipinski definition) is 2. The van der Waals surface area contributed by atoms with Crippen molar-refractivity contribution in [2.24, 2.45) is 5.84 Å². The molecule has 0 spiro atoms. The molecule has 2 aromatic rings. The average molecular weight is 391 g/mol. The van der Waals surface area contributed by atoms with Crippen molar-refractivity contribution >= 4 is 34.2 Å². The summed E-state index contributed by atoms with van der Waals surface area (Å²) in [6, 6.07) is 5.83. The Labute approximate surface area is 131 Å². The van der Waals surface area contributed by atoms with Crippen LogP contribution in [0, 0.1) is 3.57 Å². The summed E-state index contributed by atoms with van der Waals surface area (Å²) in [5, 5.41) is 0.717.